The van der Waals surface area contributed by atoms with Gasteiger partial charge in [-0.05, 0) is 97.4 Å². The van der Waals surface area contributed by atoms with Gasteiger partial charge in [0.25, 0.3) is 0 Å². The molecule has 0 atom stereocenters. The largest absolute Gasteiger partial charge is 0.456 e. The minimum Gasteiger partial charge on any atom is -0.456 e. The first kappa shape index (κ1) is 26.5. The summed E-state index contributed by atoms with van der Waals surface area (Å²) in [5, 5.41) is 12.0. The standard InChI is InChI=1S/C46H27NO2/c1-2-10-32-28(9-1)17-22-41-46(32)49-45-24-19-30(29-18-23-44-40(25-29)38-15-7-8-16-43(38)48-44)26-42(45)47(41)31-20-21-37-35-13-4-3-11-33(35)34-12-5-6-14-36(34)39(37)27-31/h1-27H. The van der Waals surface area contributed by atoms with Gasteiger partial charge in [-0.2, -0.15) is 0 Å². The number of hydrogen-bond acceptors (Lipinski definition) is 3. The third-order valence-electron chi connectivity index (χ3n) is 10.2. The van der Waals surface area contributed by atoms with E-state index in [4.69, 9.17) is 9.15 Å². The van der Waals surface area contributed by atoms with Gasteiger partial charge in [0.15, 0.2) is 11.5 Å². The Morgan fingerprint density at radius 3 is 1.78 bits per heavy atom. The molecule has 10 aromatic rings. The Morgan fingerprint density at radius 1 is 0.367 bits per heavy atom. The van der Waals surface area contributed by atoms with Crippen molar-refractivity contribution in [2.45, 2.75) is 0 Å². The van der Waals surface area contributed by atoms with E-state index in [2.05, 4.69) is 157 Å². The first-order chi connectivity index (χ1) is 24.3. The number of hydrogen-bond donors (Lipinski definition) is 0. The van der Waals surface area contributed by atoms with E-state index in [0.717, 1.165) is 72.4 Å². The third-order valence-corrected chi connectivity index (χ3v) is 10.2. The van der Waals surface area contributed by atoms with Crippen molar-refractivity contribution in [3.8, 4) is 22.6 Å². The molecule has 3 heteroatoms. The molecule has 0 aliphatic carbocycles. The molecule has 1 aliphatic rings. The van der Waals surface area contributed by atoms with Gasteiger partial charge in [0.2, 0.25) is 0 Å². The number of anilines is 3. The van der Waals surface area contributed by atoms with Gasteiger partial charge >= 0.3 is 0 Å². The Bertz CT molecular complexity index is 2950. The maximum atomic E-state index is 6.81. The zero-order valence-corrected chi connectivity index (χ0v) is 26.4. The second-order valence-electron chi connectivity index (χ2n) is 12.9. The van der Waals surface area contributed by atoms with Crippen molar-refractivity contribution in [1.82, 2.24) is 0 Å². The van der Waals surface area contributed by atoms with Crippen LogP contribution in [0.4, 0.5) is 17.1 Å². The van der Waals surface area contributed by atoms with Gasteiger partial charge in [0.1, 0.15) is 11.2 Å². The highest BCUT2D eigenvalue weighted by molar-refractivity contribution is 6.26. The second-order valence-corrected chi connectivity index (χ2v) is 12.9. The molecule has 11 rings (SSSR count). The number of benzene rings is 9. The smallest absolute Gasteiger partial charge is 0.159 e. The van der Waals surface area contributed by atoms with E-state index in [-0.39, 0.29) is 0 Å². The minimum atomic E-state index is 0.825. The van der Waals surface area contributed by atoms with E-state index in [1.807, 2.05) is 12.1 Å². The van der Waals surface area contributed by atoms with E-state index < -0.39 is 0 Å². The van der Waals surface area contributed by atoms with Crippen LogP contribution in [0.2, 0.25) is 0 Å². The second kappa shape index (κ2) is 9.96. The van der Waals surface area contributed by atoms with Crippen LogP contribution in [0.1, 0.15) is 0 Å². The molecule has 0 saturated heterocycles. The summed E-state index contributed by atoms with van der Waals surface area (Å²) in [6.07, 6.45) is 0. The Labute approximate surface area is 281 Å². The van der Waals surface area contributed by atoms with Crippen LogP contribution in [0.15, 0.2) is 168 Å². The number of furan rings is 1. The Balaban J connectivity index is 1.16. The number of fused-ring (bicyclic) bond motifs is 13. The van der Waals surface area contributed by atoms with E-state index in [1.54, 1.807) is 0 Å². The summed E-state index contributed by atoms with van der Waals surface area (Å²) >= 11 is 0. The fourth-order valence-corrected chi connectivity index (χ4v) is 7.93. The molecule has 0 amide bonds. The van der Waals surface area contributed by atoms with E-state index in [1.165, 1.54) is 32.3 Å². The lowest BCUT2D eigenvalue weighted by Crippen LogP contribution is -2.16. The highest BCUT2D eigenvalue weighted by Gasteiger charge is 2.28. The van der Waals surface area contributed by atoms with Crippen molar-refractivity contribution in [2.75, 3.05) is 4.90 Å². The fourth-order valence-electron chi connectivity index (χ4n) is 7.93. The summed E-state index contributed by atoms with van der Waals surface area (Å²) in [6.45, 7) is 0. The maximum absolute atomic E-state index is 6.81. The molecule has 3 nitrogen and oxygen atoms in total. The summed E-state index contributed by atoms with van der Waals surface area (Å²) in [5.74, 6) is 1.69. The molecule has 0 saturated carbocycles. The van der Waals surface area contributed by atoms with Crippen molar-refractivity contribution >= 4 is 82.1 Å². The average Bonchev–Trinajstić information content (AvgIpc) is 3.55. The average molecular weight is 626 g/mol. The van der Waals surface area contributed by atoms with Crippen LogP contribution >= 0.6 is 0 Å². The van der Waals surface area contributed by atoms with Crippen LogP contribution in [0, 0.1) is 0 Å². The fraction of sp³-hybridized carbons (Fsp3) is 0. The molecule has 0 bridgehead atoms. The van der Waals surface area contributed by atoms with Crippen LogP contribution in [-0.4, -0.2) is 0 Å². The predicted octanol–water partition coefficient (Wildman–Crippen LogP) is 13.4. The molecule has 0 radical (unpaired) electrons. The maximum Gasteiger partial charge on any atom is 0.159 e. The summed E-state index contributed by atoms with van der Waals surface area (Å²) in [6, 6.07) is 58.5. The topological polar surface area (TPSA) is 25.6 Å². The van der Waals surface area contributed by atoms with Crippen molar-refractivity contribution in [2.24, 2.45) is 0 Å². The Kier molecular flexibility index (Phi) is 5.38. The molecule has 9 aromatic carbocycles. The number of rotatable bonds is 2. The van der Waals surface area contributed by atoms with Crippen molar-refractivity contribution in [3.63, 3.8) is 0 Å². The van der Waals surface area contributed by atoms with Gasteiger partial charge in [-0.3, -0.25) is 0 Å². The molecule has 0 unspecified atom stereocenters. The lowest BCUT2D eigenvalue weighted by Gasteiger charge is -2.34. The normalized spacial score (nSPS) is 12.6. The van der Waals surface area contributed by atoms with Crippen LogP contribution in [-0.2, 0) is 0 Å². The SMILES string of the molecule is c1ccc2c3c(ccc2c1)N(c1ccc2c4ccccc4c4ccccc4c2c1)c1cc(-c2ccc4oc5ccccc5c4c2)ccc1O3. The van der Waals surface area contributed by atoms with E-state index in [9.17, 15) is 0 Å². The summed E-state index contributed by atoms with van der Waals surface area (Å²) < 4.78 is 13.0. The number of nitrogens with zero attached hydrogens (tertiary/aromatic N) is 1. The summed E-state index contributed by atoms with van der Waals surface area (Å²) in [5.41, 5.74) is 7.14. The van der Waals surface area contributed by atoms with Crippen LogP contribution in [0.5, 0.6) is 11.5 Å². The zero-order chi connectivity index (χ0) is 32.1. The lowest BCUT2D eigenvalue weighted by molar-refractivity contribution is 0.482. The number of ether oxygens (including phenoxy) is 1. The predicted molar refractivity (Wildman–Crippen MR) is 204 cm³/mol. The molecule has 0 fully saturated rings. The molecule has 1 aromatic heterocycles. The third kappa shape index (κ3) is 3.84. The minimum absolute atomic E-state index is 0.825. The first-order valence-corrected chi connectivity index (χ1v) is 16.7. The van der Waals surface area contributed by atoms with Gasteiger partial charge in [-0.1, -0.05) is 115 Å². The van der Waals surface area contributed by atoms with Crippen LogP contribution in [0.25, 0.3) is 76.2 Å². The molecular formula is C46H27NO2. The monoisotopic (exact) mass is 625 g/mol. The molecule has 2 heterocycles. The summed E-state index contributed by atoms with van der Waals surface area (Å²) in [4.78, 5) is 2.37. The van der Waals surface area contributed by atoms with Crippen molar-refractivity contribution in [1.29, 1.82) is 0 Å². The van der Waals surface area contributed by atoms with Crippen LogP contribution < -0.4 is 9.64 Å². The van der Waals surface area contributed by atoms with Gasteiger partial charge in [-0.25, -0.2) is 0 Å². The van der Waals surface area contributed by atoms with Crippen LogP contribution in [0.3, 0.4) is 0 Å². The molecule has 228 valence electrons. The highest BCUT2D eigenvalue weighted by Crippen LogP contribution is 2.54. The van der Waals surface area contributed by atoms with Gasteiger partial charge in [0, 0.05) is 21.8 Å². The highest BCUT2D eigenvalue weighted by atomic mass is 16.5. The lowest BCUT2D eigenvalue weighted by atomic mass is 9.93. The van der Waals surface area contributed by atoms with Gasteiger partial charge < -0.3 is 14.1 Å². The quantitative estimate of drug-likeness (QED) is 0.179. The van der Waals surface area contributed by atoms with Gasteiger partial charge in [-0.15, -0.1) is 0 Å². The zero-order valence-electron chi connectivity index (χ0n) is 26.4. The first-order valence-electron chi connectivity index (χ1n) is 16.7. The molecule has 0 spiro atoms. The van der Waals surface area contributed by atoms with Gasteiger partial charge in [0.05, 0.1) is 11.4 Å². The summed E-state index contributed by atoms with van der Waals surface area (Å²) in [7, 11) is 0. The van der Waals surface area contributed by atoms with Crippen molar-refractivity contribution < 1.29 is 9.15 Å². The van der Waals surface area contributed by atoms with Crippen molar-refractivity contribution in [3.05, 3.63) is 164 Å². The Morgan fingerprint density at radius 2 is 0.980 bits per heavy atom. The van der Waals surface area contributed by atoms with E-state index in [0.29, 0.717) is 0 Å². The molecular weight excluding hydrogens is 599 g/mol. The molecule has 1 aliphatic heterocycles. The molecule has 49 heavy (non-hydrogen) atoms. The molecule has 0 N–H and O–H groups in total. The number of para-hydroxylation sites is 1. The Hall–Kier alpha value is -6.58. The van der Waals surface area contributed by atoms with E-state index >= 15 is 0 Å².